The van der Waals surface area contributed by atoms with E-state index in [1.807, 2.05) is 35.4 Å². The summed E-state index contributed by atoms with van der Waals surface area (Å²) < 4.78 is 0. The number of fused-ring (bicyclic) bond motifs is 2. The SMILES string of the molecule is CN(c1ncnc2[nH]ccc12)C1C[C@@H]2CN(C(=O)C(O)c3ccccc3)C[C@@H]2C1. The fraction of sp³-hybridized carbons (Fsp3) is 0.409. The van der Waals surface area contributed by atoms with E-state index in [1.165, 1.54) is 0 Å². The number of benzene rings is 1. The molecule has 0 radical (unpaired) electrons. The van der Waals surface area contributed by atoms with Crippen molar-refractivity contribution in [1.29, 1.82) is 0 Å². The lowest BCUT2D eigenvalue weighted by molar-refractivity contribution is -0.139. The number of H-pyrrole nitrogens is 1. The molecule has 2 aliphatic rings. The van der Waals surface area contributed by atoms with E-state index in [4.69, 9.17) is 0 Å². The average molecular weight is 391 g/mol. The van der Waals surface area contributed by atoms with Crippen LogP contribution in [0.3, 0.4) is 0 Å². The summed E-state index contributed by atoms with van der Waals surface area (Å²) in [5.41, 5.74) is 1.51. The van der Waals surface area contributed by atoms with Gasteiger partial charge in [-0.15, -0.1) is 0 Å². The van der Waals surface area contributed by atoms with Crippen LogP contribution in [0.15, 0.2) is 48.9 Å². The molecule has 1 aromatic carbocycles. The maximum atomic E-state index is 12.8. The van der Waals surface area contributed by atoms with Gasteiger partial charge >= 0.3 is 0 Å². The number of aliphatic hydroxyl groups excluding tert-OH is 1. The van der Waals surface area contributed by atoms with Crippen molar-refractivity contribution in [3.05, 3.63) is 54.5 Å². The van der Waals surface area contributed by atoms with Crippen molar-refractivity contribution in [2.75, 3.05) is 25.0 Å². The molecule has 2 fully saturated rings. The zero-order valence-corrected chi connectivity index (χ0v) is 16.4. The molecule has 1 aliphatic heterocycles. The van der Waals surface area contributed by atoms with Crippen LogP contribution in [-0.2, 0) is 4.79 Å². The number of aromatic nitrogens is 3. The monoisotopic (exact) mass is 391 g/mol. The zero-order valence-electron chi connectivity index (χ0n) is 16.4. The Labute approximate surface area is 169 Å². The Morgan fingerprint density at radius 1 is 1.17 bits per heavy atom. The van der Waals surface area contributed by atoms with Crippen LogP contribution in [0.1, 0.15) is 24.5 Å². The molecule has 2 unspecified atom stereocenters. The van der Waals surface area contributed by atoms with Gasteiger partial charge in [0.25, 0.3) is 5.91 Å². The van der Waals surface area contributed by atoms with Crippen LogP contribution in [0.2, 0.25) is 0 Å². The van der Waals surface area contributed by atoms with Crippen molar-refractivity contribution in [2.45, 2.75) is 25.0 Å². The van der Waals surface area contributed by atoms with Crippen molar-refractivity contribution < 1.29 is 9.90 Å². The lowest BCUT2D eigenvalue weighted by Gasteiger charge is -2.28. The number of likely N-dealkylation sites (tertiary alicyclic amines) is 1. The molecule has 3 aromatic rings. The number of hydrogen-bond donors (Lipinski definition) is 2. The molecule has 3 heterocycles. The number of carbonyl (C=O) groups excluding carboxylic acids is 1. The summed E-state index contributed by atoms with van der Waals surface area (Å²) in [5, 5.41) is 11.5. The first-order chi connectivity index (χ1) is 14.1. The minimum absolute atomic E-state index is 0.180. The summed E-state index contributed by atoms with van der Waals surface area (Å²) in [7, 11) is 2.10. The number of aromatic amines is 1. The van der Waals surface area contributed by atoms with Crippen molar-refractivity contribution in [3.8, 4) is 0 Å². The molecule has 2 aromatic heterocycles. The minimum Gasteiger partial charge on any atom is -0.378 e. The van der Waals surface area contributed by atoms with Gasteiger partial charge in [0.15, 0.2) is 6.10 Å². The number of nitrogens with zero attached hydrogens (tertiary/aromatic N) is 4. The normalized spacial score (nSPS) is 24.6. The van der Waals surface area contributed by atoms with Crippen LogP contribution in [0, 0.1) is 11.8 Å². The zero-order chi connectivity index (χ0) is 20.0. The minimum atomic E-state index is -1.07. The first kappa shape index (κ1) is 18.1. The van der Waals surface area contributed by atoms with Gasteiger partial charge in [-0.1, -0.05) is 30.3 Å². The maximum absolute atomic E-state index is 12.8. The van der Waals surface area contributed by atoms with Gasteiger partial charge < -0.3 is 19.9 Å². The van der Waals surface area contributed by atoms with Crippen LogP contribution in [0.4, 0.5) is 5.82 Å². The van der Waals surface area contributed by atoms with E-state index in [9.17, 15) is 9.90 Å². The number of amides is 1. The van der Waals surface area contributed by atoms with Crippen molar-refractivity contribution >= 4 is 22.8 Å². The third-order valence-electron chi connectivity index (χ3n) is 6.60. The summed E-state index contributed by atoms with van der Waals surface area (Å²) in [5.74, 6) is 1.71. The van der Waals surface area contributed by atoms with Gasteiger partial charge in [-0.2, -0.15) is 0 Å². The number of carbonyl (C=O) groups is 1. The van der Waals surface area contributed by atoms with Gasteiger partial charge in [0.05, 0.1) is 5.39 Å². The van der Waals surface area contributed by atoms with E-state index in [0.717, 1.165) is 42.8 Å². The lowest BCUT2D eigenvalue weighted by atomic mass is 10.0. The van der Waals surface area contributed by atoms with Crippen LogP contribution < -0.4 is 4.90 Å². The molecule has 2 N–H and O–H groups in total. The van der Waals surface area contributed by atoms with E-state index in [2.05, 4.69) is 26.9 Å². The molecule has 1 amide bonds. The van der Waals surface area contributed by atoms with Gasteiger partial charge in [-0.25, -0.2) is 9.97 Å². The molecule has 150 valence electrons. The third kappa shape index (κ3) is 3.15. The smallest absolute Gasteiger partial charge is 0.256 e. The molecule has 7 heteroatoms. The molecule has 1 aliphatic carbocycles. The lowest BCUT2D eigenvalue weighted by Crippen LogP contribution is -2.36. The molecule has 29 heavy (non-hydrogen) atoms. The fourth-order valence-corrected chi connectivity index (χ4v) is 5.03. The highest BCUT2D eigenvalue weighted by Gasteiger charge is 2.44. The van der Waals surface area contributed by atoms with Gasteiger partial charge in [0.1, 0.15) is 17.8 Å². The van der Waals surface area contributed by atoms with Gasteiger partial charge in [0.2, 0.25) is 0 Å². The Bertz CT molecular complexity index is 1010. The van der Waals surface area contributed by atoms with Crippen LogP contribution >= 0.6 is 0 Å². The average Bonchev–Trinajstić information content (AvgIpc) is 3.47. The molecule has 1 saturated carbocycles. The Kier molecular flexibility index (Phi) is 4.47. The molecular weight excluding hydrogens is 366 g/mol. The van der Waals surface area contributed by atoms with E-state index < -0.39 is 6.10 Å². The van der Waals surface area contributed by atoms with Crippen LogP contribution in [0.25, 0.3) is 11.0 Å². The summed E-state index contributed by atoms with van der Waals surface area (Å²) in [4.78, 5) is 28.8. The fourth-order valence-electron chi connectivity index (χ4n) is 5.03. The highest BCUT2D eigenvalue weighted by molar-refractivity contribution is 5.87. The topological polar surface area (TPSA) is 85.4 Å². The second-order valence-corrected chi connectivity index (χ2v) is 8.25. The largest absolute Gasteiger partial charge is 0.378 e. The van der Waals surface area contributed by atoms with E-state index >= 15 is 0 Å². The van der Waals surface area contributed by atoms with Crippen LogP contribution in [-0.4, -0.2) is 57.0 Å². The number of aliphatic hydroxyl groups is 1. The van der Waals surface area contributed by atoms with Gasteiger partial charge in [-0.3, -0.25) is 4.79 Å². The first-order valence-electron chi connectivity index (χ1n) is 10.1. The number of nitrogens with one attached hydrogen (secondary N) is 1. The number of rotatable bonds is 4. The summed E-state index contributed by atoms with van der Waals surface area (Å²) in [6.07, 6.45) is 4.48. The molecular formula is C22H25N5O2. The Hall–Kier alpha value is -2.93. The van der Waals surface area contributed by atoms with Crippen molar-refractivity contribution in [1.82, 2.24) is 19.9 Å². The summed E-state index contributed by atoms with van der Waals surface area (Å²) in [6.45, 7) is 1.45. The molecule has 1 saturated heterocycles. The van der Waals surface area contributed by atoms with Gasteiger partial charge in [0, 0.05) is 32.4 Å². The third-order valence-corrected chi connectivity index (χ3v) is 6.60. The Balaban J connectivity index is 1.25. The molecule has 7 nitrogen and oxygen atoms in total. The van der Waals surface area contributed by atoms with Crippen molar-refractivity contribution in [2.24, 2.45) is 11.8 Å². The molecule has 0 bridgehead atoms. The quantitative estimate of drug-likeness (QED) is 0.713. The number of anilines is 1. The van der Waals surface area contributed by atoms with Gasteiger partial charge in [-0.05, 0) is 36.3 Å². The molecule has 5 rings (SSSR count). The predicted molar refractivity (Wildman–Crippen MR) is 110 cm³/mol. The standard InChI is InChI=1S/C22H25N5O2/c1-26(21-18-7-8-23-20(18)24-13-25-21)17-9-15-11-27(12-16(15)10-17)22(29)19(28)14-5-3-2-4-6-14/h2-8,13,15-17,19,28H,9-12H2,1H3,(H,23,24,25)/t15-,16+,17?,19?. The van der Waals surface area contributed by atoms with E-state index in [1.54, 1.807) is 18.5 Å². The van der Waals surface area contributed by atoms with Crippen LogP contribution in [0.5, 0.6) is 0 Å². The first-order valence-corrected chi connectivity index (χ1v) is 10.1. The summed E-state index contributed by atoms with van der Waals surface area (Å²) in [6, 6.07) is 11.6. The maximum Gasteiger partial charge on any atom is 0.256 e. The number of hydrogen-bond acceptors (Lipinski definition) is 5. The highest BCUT2D eigenvalue weighted by Crippen LogP contribution is 2.42. The highest BCUT2D eigenvalue weighted by atomic mass is 16.3. The second kappa shape index (κ2) is 7.15. The Morgan fingerprint density at radius 2 is 1.90 bits per heavy atom. The summed E-state index contributed by atoms with van der Waals surface area (Å²) >= 11 is 0. The Morgan fingerprint density at radius 3 is 2.62 bits per heavy atom. The van der Waals surface area contributed by atoms with Crippen molar-refractivity contribution in [3.63, 3.8) is 0 Å². The molecule has 0 spiro atoms. The predicted octanol–water partition coefficient (Wildman–Crippen LogP) is 2.36. The second-order valence-electron chi connectivity index (χ2n) is 8.25. The van der Waals surface area contributed by atoms with E-state index in [0.29, 0.717) is 23.4 Å². The van der Waals surface area contributed by atoms with E-state index in [-0.39, 0.29) is 5.91 Å². The molecule has 4 atom stereocenters.